The number of aromatic nitrogens is 2. The number of Topliss-reactive ketones (excluding diaryl/α,β-unsaturated/α-hetero) is 1. The number of hydrogen-bond acceptors (Lipinski definition) is 7. The minimum absolute atomic E-state index is 0.00603. The number of ether oxygens (including phenoxy) is 2. The Morgan fingerprint density at radius 1 is 1.41 bits per heavy atom. The van der Waals surface area contributed by atoms with Crippen LogP contribution in [-0.4, -0.2) is 35.1 Å². The quantitative estimate of drug-likeness (QED) is 0.660. The van der Waals surface area contributed by atoms with E-state index in [1.165, 1.54) is 36.7 Å². The van der Waals surface area contributed by atoms with Gasteiger partial charge in [0.1, 0.15) is 34.6 Å². The molecule has 1 fully saturated rings. The molecule has 1 N–H and O–H groups in total. The minimum Gasteiger partial charge on any atom is -0.486 e. The molecule has 1 atom stereocenters. The van der Waals surface area contributed by atoms with Crippen LogP contribution in [0.15, 0.2) is 24.5 Å². The van der Waals surface area contributed by atoms with E-state index in [9.17, 15) is 9.18 Å². The molecule has 3 heterocycles. The second kappa shape index (κ2) is 7.21. The molecule has 8 heteroatoms. The summed E-state index contributed by atoms with van der Waals surface area (Å²) >= 11 is 1.34. The highest BCUT2D eigenvalue weighted by Crippen LogP contribution is 2.37. The van der Waals surface area contributed by atoms with Crippen LogP contribution in [-0.2, 0) is 4.74 Å². The number of carbonyl (C=O) groups excluding carboxylic acids is 1. The summed E-state index contributed by atoms with van der Waals surface area (Å²) in [6, 6.07) is 4.32. The number of nitrogens with zero attached hydrogens (tertiary/aromatic N) is 2. The predicted molar refractivity (Wildman–Crippen MR) is 102 cm³/mol. The van der Waals surface area contributed by atoms with Crippen LogP contribution in [0.4, 0.5) is 15.9 Å². The van der Waals surface area contributed by atoms with Crippen LogP contribution in [0.2, 0.25) is 0 Å². The Morgan fingerprint density at radius 2 is 2.26 bits per heavy atom. The van der Waals surface area contributed by atoms with Crippen molar-refractivity contribution < 1.29 is 18.7 Å². The Kier molecular flexibility index (Phi) is 4.75. The van der Waals surface area contributed by atoms with E-state index in [1.54, 1.807) is 6.07 Å². The number of hydrogen-bond donors (Lipinski definition) is 1. The van der Waals surface area contributed by atoms with E-state index in [0.717, 1.165) is 22.2 Å². The van der Waals surface area contributed by atoms with E-state index < -0.39 is 0 Å². The average Bonchev–Trinajstić information content (AvgIpc) is 3.26. The van der Waals surface area contributed by atoms with Crippen LogP contribution >= 0.6 is 11.3 Å². The SMILES string of the molecule is CC(=O)c1sc2ncnc(Nc3ccc(F)cc3O[C@H]3CCOC3)c2c1C. The summed E-state index contributed by atoms with van der Waals surface area (Å²) in [6.07, 6.45) is 2.10. The molecular formula is C19H18FN3O3S. The van der Waals surface area contributed by atoms with E-state index >= 15 is 0 Å². The van der Waals surface area contributed by atoms with Crippen molar-refractivity contribution in [3.05, 3.63) is 40.8 Å². The highest BCUT2D eigenvalue weighted by molar-refractivity contribution is 7.20. The molecule has 0 aliphatic carbocycles. The largest absolute Gasteiger partial charge is 0.486 e. The maximum absolute atomic E-state index is 13.8. The molecule has 1 saturated heterocycles. The Morgan fingerprint density at radius 3 is 3.00 bits per heavy atom. The fraction of sp³-hybridized carbons (Fsp3) is 0.316. The van der Waals surface area contributed by atoms with Gasteiger partial charge in [-0.05, 0) is 31.5 Å². The third-order valence-electron chi connectivity index (χ3n) is 4.42. The van der Waals surface area contributed by atoms with Crippen LogP contribution in [0.5, 0.6) is 5.75 Å². The van der Waals surface area contributed by atoms with E-state index in [1.807, 2.05) is 6.92 Å². The summed E-state index contributed by atoms with van der Waals surface area (Å²) < 4.78 is 25.0. The lowest BCUT2D eigenvalue weighted by Gasteiger charge is -2.17. The molecule has 2 aromatic heterocycles. The van der Waals surface area contributed by atoms with Crippen molar-refractivity contribution in [1.82, 2.24) is 9.97 Å². The van der Waals surface area contributed by atoms with Crippen molar-refractivity contribution in [2.75, 3.05) is 18.5 Å². The topological polar surface area (TPSA) is 73.3 Å². The van der Waals surface area contributed by atoms with Crippen LogP contribution in [0, 0.1) is 12.7 Å². The van der Waals surface area contributed by atoms with Gasteiger partial charge < -0.3 is 14.8 Å². The predicted octanol–water partition coefficient (Wildman–Crippen LogP) is 4.25. The van der Waals surface area contributed by atoms with Crippen molar-refractivity contribution >= 4 is 38.8 Å². The highest BCUT2D eigenvalue weighted by atomic mass is 32.1. The van der Waals surface area contributed by atoms with Gasteiger partial charge in [-0.2, -0.15) is 0 Å². The number of aryl methyl sites for hydroxylation is 1. The van der Waals surface area contributed by atoms with Crippen molar-refractivity contribution in [3.63, 3.8) is 0 Å². The Bertz CT molecular complexity index is 1010. The van der Waals surface area contributed by atoms with E-state index in [4.69, 9.17) is 9.47 Å². The lowest BCUT2D eigenvalue weighted by molar-refractivity contribution is 0.102. The van der Waals surface area contributed by atoms with Crippen LogP contribution in [0.3, 0.4) is 0 Å². The molecule has 140 valence electrons. The summed E-state index contributed by atoms with van der Waals surface area (Å²) in [5.74, 6) is 0.568. The lowest BCUT2D eigenvalue weighted by atomic mass is 10.1. The van der Waals surface area contributed by atoms with E-state index in [0.29, 0.717) is 35.3 Å². The molecule has 1 aliphatic rings. The number of fused-ring (bicyclic) bond motifs is 1. The Hall–Kier alpha value is -2.58. The number of halogens is 1. The summed E-state index contributed by atoms with van der Waals surface area (Å²) in [4.78, 5) is 21.8. The number of thiophene rings is 1. The summed E-state index contributed by atoms with van der Waals surface area (Å²) in [5, 5.41) is 4.01. The van der Waals surface area contributed by atoms with Crippen LogP contribution in [0.1, 0.15) is 28.6 Å². The molecule has 4 rings (SSSR count). The number of nitrogens with one attached hydrogen (secondary N) is 1. The van der Waals surface area contributed by atoms with Crippen molar-refractivity contribution in [1.29, 1.82) is 0 Å². The average molecular weight is 387 g/mol. The van der Waals surface area contributed by atoms with E-state index in [-0.39, 0.29) is 17.7 Å². The number of carbonyl (C=O) groups is 1. The molecule has 0 bridgehead atoms. The number of benzene rings is 1. The molecule has 1 aliphatic heterocycles. The molecule has 1 aromatic carbocycles. The van der Waals surface area contributed by atoms with Crippen molar-refractivity contribution in [3.8, 4) is 5.75 Å². The monoisotopic (exact) mass is 387 g/mol. The van der Waals surface area contributed by atoms with Gasteiger partial charge in [-0.25, -0.2) is 14.4 Å². The smallest absolute Gasteiger partial charge is 0.170 e. The molecule has 3 aromatic rings. The summed E-state index contributed by atoms with van der Waals surface area (Å²) in [7, 11) is 0. The maximum Gasteiger partial charge on any atom is 0.170 e. The van der Waals surface area contributed by atoms with Crippen LogP contribution in [0.25, 0.3) is 10.2 Å². The second-order valence-electron chi connectivity index (χ2n) is 6.38. The van der Waals surface area contributed by atoms with Crippen LogP contribution < -0.4 is 10.1 Å². The lowest BCUT2D eigenvalue weighted by Crippen LogP contribution is -2.16. The third-order valence-corrected chi connectivity index (χ3v) is 5.73. The molecule has 6 nitrogen and oxygen atoms in total. The number of rotatable bonds is 5. The maximum atomic E-state index is 13.8. The molecule has 0 saturated carbocycles. The van der Waals surface area contributed by atoms with Gasteiger partial charge in [-0.1, -0.05) is 0 Å². The molecule has 0 unspecified atom stereocenters. The molecule has 27 heavy (non-hydrogen) atoms. The van der Waals surface area contributed by atoms with Crippen molar-refractivity contribution in [2.24, 2.45) is 0 Å². The van der Waals surface area contributed by atoms with Crippen molar-refractivity contribution in [2.45, 2.75) is 26.4 Å². The first kappa shape index (κ1) is 17.8. The minimum atomic E-state index is -0.382. The normalized spacial score (nSPS) is 16.6. The second-order valence-corrected chi connectivity index (χ2v) is 7.38. The molecule has 0 spiro atoms. The first-order chi connectivity index (χ1) is 13.0. The van der Waals surface area contributed by atoms with Gasteiger partial charge in [0, 0.05) is 12.5 Å². The molecule has 0 amide bonds. The first-order valence-corrected chi connectivity index (χ1v) is 9.40. The zero-order valence-electron chi connectivity index (χ0n) is 14.9. The first-order valence-electron chi connectivity index (χ1n) is 8.59. The third kappa shape index (κ3) is 3.50. The van der Waals surface area contributed by atoms with Gasteiger partial charge in [-0.3, -0.25) is 4.79 Å². The van der Waals surface area contributed by atoms with Gasteiger partial charge in [0.05, 0.1) is 29.2 Å². The van der Waals surface area contributed by atoms with Gasteiger partial charge in [0.2, 0.25) is 0 Å². The number of anilines is 2. The zero-order valence-corrected chi connectivity index (χ0v) is 15.7. The fourth-order valence-electron chi connectivity index (χ4n) is 3.11. The summed E-state index contributed by atoms with van der Waals surface area (Å²) in [5.41, 5.74) is 1.43. The molecular weight excluding hydrogens is 369 g/mol. The fourth-order valence-corrected chi connectivity index (χ4v) is 4.16. The highest BCUT2D eigenvalue weighted by Gasteiger charge is 2.21. The van der Waals surface area contributed by atoms with Gasteiger partial charge >= 0.3 is 0 Å². The van der Waals surface area contributed by atoms with E-state index in [2.05, 4.69) is 15.3 Å². The summed E-state index contributed by atoms with van der Waals surface area (Å²) in [6.45, 7) is 4.53. The van der Waals surface area contributed by atoms with Gasteiger partial charge in [-0.15, -0.1) is 11.3 Å². The molecule has 0 radical (unpaired) electrons. The Balaban J connectivity index is 1.73. The van der Waals surface area contributed by atoms with Gasteiger partial charge in [0.25, 0.3) is 0 Å². The Labute approximate surface area is 159 Å². The van der Waals surface area contributed by atoms with Gasteiger partial charge in [0.15, 0.2) is 5.78 Å². The standard InChI is InChI=1S/C19H18FN3O3S/c1-10-16-18(21-9-22-19(16)27-17(10)11(2)24)23-14-4-3-12(20)7-15(14)26-13-5-6-25-8-13/h3-4,7,9,13H,5-6,8H2,1-2H3,(H,21,22,23)/t13-/m0/s1. The zero-order chi connectivity index (χ0) is 19.0. The number of ketones is 1.